The Balaban J connectivity index is 2.56. The lowest BCUT2D eigenvalue weighted by Crippen LogP contribution is -2.07. The van der Waals surface area contributed by atoms with E-state index in [4.69, 9.17) is 5.73 Å². The van der Waals surface area contributed by atoms with Gasteiger partial charge in [-0.15, -0.1) is 0 Å². The quantitative estimate of drug-likeness (QED) is 0.734. The third-order valence-electron chi connectivity index (χ3n) is 2.86. The summed E-state index contributed by atoms with van der Waals surface area (Å²) >= 11 is 0. The van der Waals surface area contributed by atoms with Crippen LogP contribution in [0.15, 0.2) is 43.0 Å². The molecule has 0 aliphatic heterocycles. The number of hydrogen-bond acceptors (Lipinski definition) is 1. The maximum absolute atomic E-state index is 6.06. The van der Waals surface area contributed by atoms with E-state index < -0.39 is 0 Å². The van der Waals surface area contributed by atoms with Crippen molar-refractivity contribution in [3.05, 3.63) is 59.7 Å². The first-order valence-corrected chi connectivity index (χ1v) is 5.06. The fraction of sp³-hybridized carbons (Fsp3) is 0.143. The van der Waals surface area contributed by atoms with E-state index in [1.165, 1.54) is 5.56 Å². The highest BCUT2D eigenvalue weighted by Gasteiger charge is 2.25. The number of fused-ring (bicyclic) bond motifs is 1. The standard InChI is InChI=1S/C14H15N/c1-4-5-11-6-7-12-9(2)10(3)14(15)13(12)8-11/h4-8,14H,2-3,15H2,1H3. The van der Waals surface area contributed by atoms with Gasteiger partial charge in [0.25, 0.3) is 0 Å². The monoisotopic (exact) mass is 197 g/mol. The second-order valence-electron chi connectivity index (χ2n) is 3.83. The minimum atomic E-state index is -0.0855. The molecule has 0 saturated heterocycles. The van der Waals surface area contributed by atoms with Gasteiger partial charge in [-0.1, -0.05) is 37.4 Å². The first kappa shape index (κ1) is 9.94. The average Bonchev–Trinajstić information content (AvgIpc) is 2.45. The lowest BCUT2D eigenvalue weighted by molar-refractivity contribution is 0.906. The second kappa shape index (κ2) is 3.52. The molecule has 0 amide bonds. The van der Waals surface area contributed by atoms with E-state index in [9.17, 15) is 0 Å². The van der Waals surface area contributed by atoms with Crippen molar-refractivity contribution in [2.45, 2.75) is 13.0 Å². The molecular formula is C14H15N. The highest BCUT2D eigenvalue weighted by Crippen LogP contribution is 2.41. The Morgan fingerprint density at radius 3 is 2.73 bits per heavy atom. The van der Waals surface area contributed by atoms with E-state index in [1.807, 2.05) is 13.0 Å². The molecule has 15 heavy (non-hydrogen) atoms. The van der Waals surface area contributed by atoms with Crippen molar-refractivity contribution in [2.75, 3.05) is 0 Å². The zero-order valence-electron chi connectivity index (χ0n) is 8.96. The predicted octanol–water partition coefficient (Wildman–Crippen LogP) is 3.30. The van der Waals surface area contributed by atoms with E-state index in [0.717, 1.165) is 22.3 Å². The van der Waals surface area contributed by atoms with Crippen LogP contribution in [0, 0.1) is 0 Å². The van der Waals surface area contributed by atoms with Crippen molar-refractivity contribution in [1.82, 2.24) is 0 Å². The molecule has 1 aromatic carbocycles. The molecular weight excluding hydrogens is 182 g/mol. The first-order valence-electron chi connectivity index (χ1n) is 5.06. The van der Waals surface area contributed by atoms with Crippen molar-refractivity contribution in [3.8, 4) is 0 Å². The van der Waals surface area contributed by atoms with Crippen LogP contribution in [-0.2, 0) is 0 Å². The summed E-state index contributed by atoms with van der Waals surface area (Å²) in [5.74, 6) is 0. The van der Waals surface area contributed by atoms with Gasteiger partial charge >= 0.3 is 0 Å². The van der Waals surface area contributed by atoms with Crippen LogP contribution in [-0.4, -0.2) is 0 Å². The summed E-state index contributed by atoms with van der Waals surface area (Å²) < 4.78 is 0. The smallest absolute Gasteiger partial charge is 0.0558 e. The number of hydrogen-bond donors (Lipinski definition) is 1. The Morgan fingerprint density at radius 1 is 1.33 bits per heavy atom. The van der Waals surface area contributed by atoms with Crippen molar-refractivity contribution in [1.29, 1.82) is 0 Å². The van der Waals surface area contributed by atoms with E-state index in [-0.39, 0.29) is 6.04 Å². The molecule has 0 bridgehead atoms. The Morgan fingerprint density at radius 2 is 2.07 bits per heavy atom. The zero-order chi connectivity index (χ0) is 11.0. The van der Waals surface area contributed by atoms with Crippen molar-refractivity contribution >= 4 is 11.6 Å². The average molecular weight is 197 g/mol. The third-order valence-corrected chi connectivity index (χ3v) is 2.86. The molecule has 1 aliphatic carbocycles. The number of nitrogens with two attached hydrogens (primary N) is 1. The topological polar surface area (TPSA) is 26.0 Å². The molecule has 1 nitrogen and oxygen atoms in total. The molecule has 1 heteroatoms. The molecule has 0 aromatic heterocycles. The molecule has 76 valence electrons. The van der Waals surface area contributed by atoms with Gasteiger partial charge in [-0.3, -0.25) is 0 Å². The first-order chi connectivity index (χ1) is 7.15. The Labute approximate surface area is 90.6 Å². The molecule has 1 aromatic rings. The Kier molecular flexibility index (Phi) is 2.33. The van der Waals surface area contributed by atoms with Gasteiger partial charge in [-0.25, -0.2) is 0 Å². The summed E-state index contributed by atoms with van der Waals surface area (Å²) in [5.41, 5.74) is 11.4. The largest absolute Gasteiger partial charge is 0.320 e. The molecule has 2 rings (SSSR count). The molecule has 0 spiro atoms. The minimum Gasteiger partial charge on any atom is -0.320 e. The molecule has 1 atom stereocenters. The zero-order valence-corrected chi connectivity index (χ0v) is 8.96. The molecule has 0 heterocycles. The minimum absolute atomic E-state index is 0.0855. The van der Waals surface area contributed by atoms with Gasteiger partial charge in [-0.2, -0.15) is 0 Å². The van der Waals surface area contributed by atoms with Gasteiger partial charge < -0.3 is 5.73 Å². The van der Waals surface area contributed by atoms with E-state index >= 15 is 0 Å². The van der Waals surface area contributed by atoms with Crippen LogP contribution in [0.2, 0.25) is 0 Å². The number of benzene rings is 1. The predicted molar refractivity (Wildman–Crippen MR) is 66.3 cm³/mol. The normalized spacial score (nSPS) is 20.0. The fourth-order valence-corrected chi connectivity index (χ4v) is 1.96. The summed E-state index contributed by atoms with van der Waals surface area (Å²) in [7, 11) is 0. The summed E-state index contributed by atoms with van der Waals surface area (Å²) in [6.45, 7) is 9.97. The van der Waals surface area contributed by atoms with Gasteiger partial charge in [0, 0.05) is 0 Å². The summed E-state index contributed by atoms with van der Waals surface area (Å²) in [6.07, 6.45) is 4.09. The highest BCUT2D eigenvalue weighted by molar-refractivity contribution is 5.86. The van der Waals surface area contributed by atoms with Gasteiger partial charge in [0.1, 0.15) is 0 Å². The van der Waals surface area contributed by atoms with Crippen LogP contribution in [0.4, 0.5) is 0 Å². The molecule has 0 saturated carbocycles. The fourth-order valence-electron chi connectivity index (χ4n) is 1.96. The Bertz CT molecular complexity index is 466. The number of rotatable bonds is 1. The SMILES string of the molecule is C=C1C(=C)C(N)c2cc(C=CC)ccc21. The van der Waals surface area contributed by atoms with Gasteiger partial charge in [0.15, 0.2) is 0 Å². The van der Waals surface area contributed by atoms with E-state index in [0.29, 0.717) is 0 Å². The van der Waals surface area contributed by atoms with Gasteiger partial charge in [0.05, 0.1) is 6.04 Å². The van der Waals surface area contributed by atoms with E-state index in [1.54, 1.807) is 0 Å². The van der Waals surface area contributed by atoms with Crippen LogP contribution in [0.1, 0.15) is 29.7 Å². The van der Waals surface area contributed by atoms with Crippen molar-refractivity contribution in [3.63, 3.8) is 0 Å². The van der Waals surface area contributed by atoms with Crippen molar-refractivity contribution < 1.29 is 0 Å². The molecule has 2 N–H and O–H groups in total. The van der Waals surface area contributed by atoms with Crippen molar-refractivity contribution in [2.24, 2.45) is 5.73 Å². The maximum Gasteiger partial charge on any atom is 0.0558 e. The van der Waals surface area contributed by atoms with Crippen LogP contribution < -0.4 is 5.73 Å². The van der Waals surface area contributed by atoms with Crippen LogP contribution in [0.3, 0.4) is 0 Å². The third kappa shape index (κ3) is 1.45. The molecule has 0 fully saturated rings. The van der Waals surface area contributed by atoms with Crippen LogP contribution in [0.25, 0.3) is 11.6 Å². The number of allylic oxidation sites excluding steroid dienone is 1. The maximum atomic E-state index is 6.06. The lowest BCUT2D eigenvalue weighted by Gasteiger charge is -2.05. The highest BCUT2D eigenvalue weighted by atomic mass is 14.7. The van der Waals surface area contributed by atoms with Gasteiger partial charge in [-0.05, 0) is 40.8 Å². The second-order valence-corrected chi connectivity index (χ2v) is 3.83. The van der Waals surface area contributed by atoms with Crippen LogP contribution >= 0.6 is 0 Å². The van der Waals surface area contributed by atoms with E-state index in [2.05, 4.69) is 37.4 Å². The molecule has 0 radical (unpaired) electrons. The van der Waals surface area contributed by atoms with Crippen LogP contribution in [0.5, 0.6) is 0 Å². The summed E-state index contributed by atoms with van der Waals surface area (Å²) in [5, 5.41) is 0. The summed E-state index contributed by atoms with van der Waals surface area (Å²) in [4.78, 5) is 0. The Hall–Kier alpha value is -1.60. The van der Waals surface area contributed by atoms with Gasteiger partial charge in [0.2, 0.25) is 0 Å². The molecule has 1 aliphatic rings. The molecule has 1 unspecified atom stereocenters. The summed E-state index contributed by atoms with van der Waals surface area (Å²) in [6, 6.07) is 6.18. The lowest BCUT2D eigenvalue weighted by atomic mass is 10.0.